The van der Waals surface area contributed by atoms with Gasteiger partial charge in [0.2, 0.25) is 5.91 Å². The monoisotopic (exact) mass is 623 g/mol. The van der Waals surface area contributed by atoms with Crippen LogP contribution in [0.4, 0.5) is 22.7 Å². The molecule has 3 aromatic rings. The maximum absolute atomic E-state index is 14.0. The summed E-state index contributed by atoms with van der Waals surface area (Å²) in [6.07, 6.45) is 1.58. The summed E-state index contributed by atoms with van der Waals surface area (Å²) in [6.45, 7) is 3.75. The predicted molar refractivity (Wildman–Crippen MR) is 170 cm³/mol. The Morgan fingerprint density at radius 3 is 2.67 bits per heavy atom. The highest BCUT2D eigenvalue weighted by atomic mass is 32.2. The van der Waals surface area contributed by atoms with Crippen LogP contribution < -0.4 is 20.3 Å². The lowest BCUT2D eigenvalue weighted by Crippen LogP contribution is -2.29. The molecule has 0 radical (unpaired) electrons. The zero-order chi connectivity index (χ0) is 30.3. The van der Waals surface area contributed by atoms with E-state index in [9.17, 15) is 9.59 Å². The maximum atomic E-state index is 14.0. The van der Waals surface area contributed by atoms with E-state index in [-0.39, 0.29) is 25.0 Å². The second-order valence-electron chi connectivity index (χ2n) is 9.48. The highest BCUT2D eigenvalue weighted by molar-refractivity contribution is 8.19. The molecule has 2 N–H and O–H groups in total. The van der Waals surface area contributed by atoms with Crippen molar-refractivity contribution in [1.82, 2.24) is 4.90 Å². The van der Waals surface area contributed by atoms with Gasteiger partial charge in [-0.15, -0.1) is 0 Å². The van der Waals surface area contributed by atoms with Gasteiger partial charge in [0.15, 0.2) is 5.17 Å². The summed E-state index contributed by atoms with van der Waals surface area (Å²) in [7, 11) is 5.04. The third kappa shape index (κ3) is 7.02. The van der Waals surface area contributed by atoms with E-state index in [1.807, 2.05) is 49.2 Å². The van der Waals surface area contributed by atoms with Crippen molar-refractivity contribution in [3.05, 3.63) is 70.5 Å². The Balaban J connectivity index is 1.50. The molecular weight excluding hydrogens is 590 g/mol. The minimum atomic E-state index is -0.276. The molecule has 11 nitrogen and oxygen atoms in total. The number of amides is 2. The molecule has 43 heavy (non-hydrogen) atoms. The van der Waals surface area contributed by atoms with Crippen LogP contribution in [0.3, 0.4) is 0 Å². The molecule has 0 spiro atoms. The molecule has 0 aliphatic carbocycles. The number of hydrogen-bond acceptors (Lipinski definition) is 11. The van der Waals surface area contributed by atoms with Crippen LogP contribution in [0.2, 0.25) is 0 Å². The topological polar surface area (TPSA) is 118 Å². The van der Waals surface area contributed by atoms with Gasteiger partial charge >= 0.3 is 0 Å². The van der Waals surface area contributed by atoms with Crippen LogP contribution in [0.25, 0.3) is 0 Å². The first-order valence-electron chi connectivity index (χ1n) is 13.6. The zero-order valence-electron chi connectivity index (χ0n) is 24.3. The third-order valence-electron chi connectivity index (χ3n) is 6.45. The van der Waals surface area contributed by atoms with Crippen molar-refractivity contribution in [1.29, 1.82) is 0 Å². The lowest BCUT2D eigenvalue weighted by Gasteiger charge is -2.16. The molecule has 0 unspecified atom stereocenters. The zero-order valence-corrected chi connectivity index (χ0v) is 26.0. The number of rotatable bonds is 12. The van der Waals surface area contributed by atoms with Crippen LogP contribution >= 0.6 is 23.5 Å². The number of aliphatic imine (C=N–C) groups is 1. The van der Waals surface area contributed by atoms with Gasteiger partial charge in [-0.2, -0.15) is 0 Å². The molecule has 0 saturated carbocycles. The van der Waals surface area contributed by atoms with Gasteiger partial charge in [-0.1, -0.05) is 11.8 Å². The first-order valence-corrected chi connectivity index (χ1v) is 15.2. The van der Waals surface area contributed by atoms with Gasteiger partial charge in [-0.25, -0.2) is 4.99 Å². The summed E-state index contributed by atoms with van der Waals surface area (Å²) in [5, 5.41) is 7.44. The molecular formula is C30H33N5O6S2. The van der Waals surface area contributed by atoms with Gasteiger partial charge in [0, 0.05) is 44.5 Å². The van der Waals surface area contributed by atoms with Gasteiger partial charge in [-0.3, -0.25) is 14.5 Å². The van der Waals surface area contributed by atoms with Crippen LogP contribution in [0.15, 0.2) is 79.0 Å². The van der Waals surface area contributed by atoms with Gasteiger partial charge in [-0.05, 0) is 61.2 Å². The van der Waals surface area contributed by atoms with Gasteiger partial charge in [0.1, 0.15) is 29.6 Å². The molecule has 1 saturated heterocycles. The van der Waals surface area contributed by atoms with E-state index in [1.165, 1.54) is 30.6 Å². The average molecular weight is 624 g/mol. The standard InChI is InChI=1S/C30H33N5O6S2/c1-5-31-22-10-8-19(32-26(36)18-39-4)15-23(22)33-30-35(17-21-7-6-12-40-21)28(37)27(43-30)29-34(2)24-16-20(41-14-13-38-3)9-11-25(24)42-29/h6-12,15-16,31H,5,13-14,17-18H2,1-4H3,(H,32,36). The number of ether oxygens (including phenoxy) is 3. The molecule has 2 amide bonds. The lowest BCUT2D eigenvalue weighted by atomic mass is 10.2. The summed E-state index contributed by atoms with van der Waals surface area (Å²) in [6, 6.07) is 14.9. The van der Waals surface area contributed by atoms with Crippen molar-refractivity contribution in [3.63, 3.8) is 0 Å². The minimum Gasteiger partial charge on any atom is -0.491 e. The Morgan fingerprint density at radius 1 is 1.07 bits per heavy atom. The molecule has 2 aromatic carbocycles. The Bertz CT molecular complexity index is 1540. The van der Waals surface area contributed by atoms with Crippen molar-refractivity contribution in [2.24, 2.45) is 4.99 Å². The number of hydrogen-bond donors (Lipinski definition) is 2. The summed E-state index contributed by atoms with van der Waals surface area (Å²) >= 11 is 2.84. The minimum absolute atomic E-state index is 0.0641. The number of benzene rings is 2. The Kier molecular flexibility index (Phi) is 9.97. The first kappa shape index (κ1) is 30.5. The Labute approximate surface area is 258 Å². The van der Waals surface area contributed by atoms with Crippen molar-refractivity contribution in [2.45, 2.75) is 18.4 Å². The predicted octanol–water partition coefficient (Wildman–Crippen LogP) is 5.50. The second kappa shape index (κ2) is 14.0. The highest BCUT2D eigenvalue weighted by Crippen LogP contribution is 2.51. The van der Waals surface area contributed by atoms with E-state index in [0.717, 1.165) is 27.0 Å². The molecule has 5 rings (SSSR count). The van der Waals surface area contributed by atoms with Gasteiger partial charge in [0.25, 0.3) is 5.91 Å². The average Bonchev–Trinajstić information content (AvgIpc) is 3.70. The second-order valence-corrected chi connectivity index (χ2v) is 11.5. The lowest BCUT2D eigenvalue weighted by molar-refractivity contribution is -0.123. The number of methoxy groups -OCH3 is 2. The molecule has 0 atom stereocenters. The van der Waals surface area contributed by atoms with Crippen LogP contribution in [-0.4, -0.2) is 69.5 Å². The number of nitrogens with zero attached hydrogens (tertiary/aromatic N) is 3. The number of amidine groups is 1. The SMILES string of the molecule is CCNc1ccc(NC(=O)COC)cc1N=C1SC(=C2Sc3ccc(OCCOC)cc3N2C)C(=O)N1Cc1ccco1. The van der Waals surface area contributed by atoms with E-state index in [2.05, 4.69) is 10.6 Å². The molecule has 2 aliphatic rings. The number of carbonyl (C=O) groups is 2. The number of anilines is 3. The van der Waals surface area contributed by atoms with Gasteiger partial charge < -0.3 is 34.2 Å². The van der Waals surface area contributed by atoms with E-state index < -0.39 is 0 Å². The molecule has 1 fully saturated rings. The smallest absolute Gasteiger partial charge is 0.269 e. The van der Waals surface area contributed by atoms with E-state index >= 15 is 0 Å². The van der Waals surface area contributed by atoms with Crippen LogP contribution in [-0.2, 0) is 25.6 Å². The Hall–Kier alpha value is -3.91. The fourth-order valence-corrected chi connectivity index (χ4v) is 6.76. The van der Waals surface area contributed by atoms with E-state index in [4.69, 9.17) is 23.6 Å². The highest BCUT2D eigenvalue weighted by Gasteiger charge is 2.40. The summed E-state index contributed by atoms with van der Waals surface area (Å²) in [5.74, 6) is 0.916. The molecule has 3 heterocycles. The number of furan rings is 1. The molecule has 0 bridgehead atoms. The summed E-state index contributed by atoms with van der Waals surface area (Å²) < 4.78 is 21.4. The van der Waals surface area contributed by atoms with E-state index in [1.54, 1.807) is 36.5 Å². The fourth-order valence-electron chi connectivity index (χ4n) is 4.45. The van der Waals surface area contributed by atoms with Crippen molar-refractivity contribution < 1.29 is 28.2 Å². The fraction of sp³-hybridized carbons (Fsp3) is 0.300. The molecule has 226 valence electrons. The number of thioether (sulfide) groups is 2. The molecule has 1 aromatic heterocycles. The summed E-state index contributed by atoms with van der Waals surface area (Å²) in [5.41, 5.74) is 2.87. The summed E-state index contributed by atoms with van der Waals surface area (Å²) in [4.78, 5) is 36.4. The number of carbonyl (C=O) groups excluding carboxylic acids is 2. The Morgan fingerprint density at radius 2 is 1.93 bits per heavy atom. The van der Waals surface area contributed by atoms with Crippen LogP contribution in [0.1, 0.15) is 12.7 Å². The van der Waals surface area contributed by atoms with E-state index in [0.29, 0.717) is 47.0 Å². The van der Waals surface area contributed by atoms with Gasteiger partial charge in [0.05, 0.1) is 41.5 Å². The first-order chi connectivity index (χ1) is 20.9. The van der Waals surface area contributed by atoms with Crippen molar-refractivity contribution in [2.75, 3.05) is 63.2 Å². The van der Waals surface area contributed by atoms with Crippen LogP contribution in [0, 0.1) is 0 Å². The quantitative estimate of drug-likeness (QED) is 0.198. The molecule has 13 heteroatoms. The molecule has 2 aliphatic heterocycles. The number of nitrogens with one attached hydrogen (secondary N) is 2. The largest absolute Gasteiger partial charge is 0.491 e. The number of fused-ring (bicyclic) bond motifs is 1. The normalized spacial score (nSPS) is 17.1. The maximum Gasteiger partial charge on any atom is 0.269 e. The van der Waals surface area contributed by atoms with Crippen molar-refractivity contribution >= 4 is 63.3 Å². The van der Waals surface area contributed by atoms with Crippen LogP contribution in [0.5, 0.6) is 5.75 Å². The van der Waals surface area contributed by atoms with Crippen molar-refractivity contribution in [3.8, 4) is 5.75 Å². The third-order valence-corrected chi connectivity index (χ3v) is 8.88.